The Kier molecular flexibility index (Phi) is 6.91. The van der Waals surface area contributed by atoms with Gasteiger partial charge in [-0.1, -0.05) is 19.1 Å². The third kappa shape index (κ3) is 5.44. The summed E-state index contributed by atoms with van der Waals surface area (Å²) in [6.07, 6.45) is 0.771. The quantitative estimate of drug-likeness (QED) is 0.560. The summed E-state index contributed by atoms with van der Waals surface area (Å²) in [5.74, 6) is -0.749. The highest BCUT2D eigenvalue weighted by molar-refractivity contribution is 6.04. The Morgan fingerprint density at radius 2 is 1.69 bits per heavy atom. The van der Waals surface area contributed by atoms with Gasteiger partial charge in [0.05, 0.1) is 24.4 Å². The molecule has 0 radical (unpaired) electrons. The van der Waals surface area contributed by atoms with Gasteiger partial charge in [-0.3, -0.25) is 9.59 Å². The Hall–Kier alpha value is -3.15. The normalized spacial score (nSPS) is 10.1. The van der Waals surface area contributed by atoms with E-state index in [0.29, 0.717) is 29.1 Å². The number of carbonyl (C=O) groups is 3. The zero-order valence-electron chi connectivity index (χ0n) is 14.9. The minimum Gasteiger partial charge on any atom is -0.462 e. The Balaban J connectivity index is 1.90. The van der Waals surface area contributed by atoms with Crippen molar-refractivity contribution in [1.82, 2.24) is 0 Å². The minimum atomic E-state index is -0.364. The second-order valence-electron chi connectivity index (χ2n) is 5.72. The smallest absolute Gasteiger partial charge is 0.338 e. The van der Waals surface area contributed by atoms with Gasteiger partial charge in [0.15, 0.2) is 5.78 Å². The average molecular weight is 354 g/mol. The van der Waals surface area contributed by atoms with Crippen LogP contribution in [0.25, 0.3) is 0 Å². The van der Waals surface area contributed by atoms with Crippen LogP contribution in [0.3, 0.4) is 0 Å². The van der Waals surface area contributed by atoms with E-state index in [1.807, 2.05) is 6.92 Å². The van der Waals surface area contributed by atoms with Gasteiger partial charge >= 0.3 is 5.97 Å². The van der Waals surface area contributed by atoms with Crippen molar-refractivity contribution in [3.05, 3.63) is 59.7 Å². The molecule has 6 nitrogen and oxygen atoms in total. The average Bonchev–Trinajstić information content (AvgIpc) is 2.65. The number of ketones is 1. The fourth-order valence-corrected chi connectivity index (χ4v) is 2.28. The van der Waals surface area contributed by atoms with Crippen molar-refractivity contribution in [1.29, 1.82) is 0 Å². The molecule has 136 valence electrons. The molecule has 0 aliphatic carbocycles. The summed E-state index contributed by atoms with van der Waals surface area (Å²) >= 11 is 0. The van der Waals surface area contributed by atoms with E-state index < -0.39 is 0 Å². The largest absolute Gasteiger partial charge is 0.462 e. The fraction of sp³-hybridized carbons (Fsp3) is 0.250. The lowest BCUT2D eigenvalue weighted by Crippen LogP contribution is -2.22. The van der Waals surface area contributed by atoms with E-state index in [1.54, 1.807) is 48.5 Å². The van der Waals surface area contributed by atoms with Crippen LogP contribution in [-0.4, -0.2) is 30.8 Å². The number of ether oxygens (including phenoxy) is 1. The highest BCUT2D eigenvalue weighted by Gasteiger charge is 2.10. The van der Waals surface area contributed by atoms with Crippen molar-refractivity contribution in [2.45, 2.75) is 20.3 Å². The molecular formula is C20H22N2O4. The summed E-state index contributed by atoms with van der Waals surface area (Å²) in [7, 11) is 0. The van der Waals surface area contributed by atoms with E-state index in [4.69, 9.17) is 4.74 Å². The van der Waals surface area contributed by atoms with Crippen LogP contribution in [-0.2, 0) is 9.53 Å². The maximum atomic E-state index is 12.1. The van der Waals surface area contributed by atoms with E-state index in [0.717, 1.165) is 6.42 Å². The summed E-state index contributed by atoms with van der Waals surface area (Å²) in [4.78, 5) is 35.4. The summed E-state index contributed by atoms with van der Waals surface area (Å²) in [5.41, 5.74) is 2.12. The molecule has 0 saturated carbocycles. The lowest BCUT2D eigenvalue weighted by atomic mass is 10.1. The molecule has 0 saturated heterocycles. The van der Waals surface area contributed by atoms with Crippen molar-refractivity contribution in [2.75, 3.05) is 23.8 Å². The Labute approximate surface area is 152 Å². The first-order chi connectivity index (χ1) is 12.5. The molecule has 2 N–H and O–H groups in total. The number of Topliss-reactive ketones (excluding diaryl/α,β-unsaturated/α-hetero) is 1. The molecule has 0 bridgehead atoms. The van der Waals surface area contributed by atoms with E-state index in [9.17, 15) is 14.4 Å². The Bertz CT molecular complexity index is 785. The molecule has 0 fully saturated rings. The van der Waals surface area contributed by atoms with Crippen LogP contribution in [0, 0.1) is 0 Å². The first-order valence-electron chi connectivity index (χ1n) is 8.42. The molecular weight excluding hydrogens is 332 g/mol. The molecule has 0 unspecified atom stereocenters. The van der Waals surface area contributed by atoms with E-state index in [-0.39, 0.29) is 24.2 Å². The molecule has 26 heavy (non-hydrogen) atoms. The highest BCUT2D eigenvalue weighted by atomic mass is 16.5. The number of para-hydroxylation sites is 1. The Morgan fingerprint density at radius 1 is 1.00 bits per heavy atom. The maximum Gasteiger partial charge on any atom is 0.338 e. The van der Waals surface area contributed by atoms with Gasteiger partial charge in [-0.05, 0) is 49.7 Å². The van der Waals surface area contributed by atoms with Crippen LogP contribution in [0.5, 0.6) is 0 Å². The molecule has 1 amide bonds. The van der Waals surface area contributed by atoms with Gasteiger partial charge in [0.2, 0.25) is 5.91 Å². The van der Waals surface area contributed by atoms with Gasteiger partial charge in [0.1, 0.15) is 0 Å². The van der Waals surface area contributed by atoms with Crippen molar-refractivity contribution in [2.24, 2.45) is 0 Å². The van der Waals surface area contributed by atoms with Crippen molar-refractivity contribution >= 4 is 29.0 Å². The number of rotatable bonds is 8. The first kappa shape index (κ1) is 19.2. The number of benzene rings is 2. The number of hydrogen-bond acceptors (Lipinski definition) is 5. The standard InChI is InChI=1S/C20H22N2O4/c1-3-12-26-20(25)15-8-10-16(11-9-15)21-13-19(24)22-18-7-5-4-6-17(18)14(2)23/h4-11,21H,3,12-13H2,1-2H3,(H,22,24). The molecule has 0 aliphatic heterocycles. The molecule has 0 aromatic heterocycles. The highest BCUT2D eigenvalue weighted by Crippen LogP contribution is 2.16. The summed E-state index contributed by atoms with van der Waals surface area (Å²) in [5, 5.41) is 5.69. The SMILES string of the molecule is CCCOC(=O)c1ccc(NCC(=O)Nc2ccccc2C(C)=O)cc1. The van der Waals surface area contributed by atoms with Gasteiger partial charge in [0, 0.05) is 11.3 Å². The van der Waals surface area contributed by atoms with Crippen LogP contribution in [0.15, 0.2) is 48.5 Å². The molecule has 0 spiro atoms. The lowest BCUT2D eigenvalue weighted by Gasteiger charge is -2.10. The van der Waals surface area contributed by atoms with E-state index >= 15 is 0 Å². The molecule has 0 atom stereocenters. The third-order valence-electron chi connectivity index (χ3n) is 3.59. The van der Waals surface area contributed by atoms with Gasteiger partial charge in [-0.2, -0.15) is 0 Å². The molecule has 0 aliphatic rings. The minimum absolute atomic E-state index is 0.0336. The van der Waals surface area contributed by atoms with E-state index in [2.05, 4.69) is 10.6 Å². The monoisotopic (exact) mass is 354 g/mol. The summed E-state index contributed by atoms with van der Waals surface area (Å²) in [6, 6.07) is 13.6. The van der Waals surface area contributed by atoms with Crippen LogP contribution < -0.4 is 10.6 Å². The van der Waals surface area contributed by atoms with Crippen molar-refractivity contribution in [3.63, 3.8) is 0 Å². The number of hydrogen-bond donors (Lipinski definition) is 2. The number of esters is 1. The molecule has 2 rings (SSSR count). The lowest BCUT2D eigenvalue weighted by molar-refractivity contribution is -0.114. The predicted molar refractivity (Wildman–Crippen MR) is 101 cm³/mol. The maximum absolute atomic E-state index is 12.1. The summed E-state index contributed by atoms with van der Waals surface area (Å²) in [6.45, 7) is 3.81. The van der Waals surface area contributed by atoms with Gasteiger partial charge < -0.3 is 15.4 Å². The molecule has 0 heterocycles. The zero-order chi connectivity index (χ0) is 18.9. The van der Waals surface area contributed by atoms with Crippen molar-refractivity contribution in [3.8, 4) is 0 Å². The second-order valence-corrected chi connectivity index (χ2v) is 5.72. The van der Waals surface area contributed by atoms with Crippen LogP contribution >= 0.6 is 0 Å². The van der Waals surface area contributed by atoms with Crippen LogP contribution in [0.4, 0.5) is 11.4 Å². The van der Waals surface area contributed by atoms with Gasteiger partial charge in [-0.15, -0.1) is 0 Å². The second kappa shape index (κ2) is 9.36. The van der Waals surface area contributed by atoms with Crippen molar-refractivity contribution < 1.29 is 19.1 Å². The fourth-order valence-electron chi connectivity index (χ4n) is 2.28. The molecule has 6 heteroatoms. The topological polar surface area (TPSA) is 84.5 Å². The molecule has 2 aromatic carbocycles. The number of anilines is 2. The predicted octanol–water partition coefficient (Wildman–Crippen LogP) is 3.51. The van der Waals surface area contributed by atoms with Gasteiger partial charge in [0.25, 0.3) is 0 Å². The van der Waals surface area contributed by atoms with Gasteiger partial charge in [-0.25, -0.2) is 4.79 Å². The van der Waals surface area contributed by atoms with E-state index in [1.165, 1.54) is 6.92 Å². The number of carbonyl (C=O) groups excluding carboxylic acids is 3. The number of nitrogens with one attached hydrogen (secondary N) is 2. The summed E-state index contributed by atoms with van der Waals surface area (Å²) < 4.78 is 5.06. The van der Waals surface area contributed by atoms with Crippen LogP contribution in [0.1, 0.15) is 41.0 Å². The Morgan fingerprint density at radius 3 is 2.35 bits per heavy atom. The van der Waals surface area contributed by atoms with Crippen LogP contribution in [0.2, 0.25) is 0 Å². The third-order valence-corrected chi connectivity index (χ3v) is 3.59. The first-order valence-corrected chi connectivity index (χ1v) is 8.42. The number of amides is 1. The molecule has 2 aromatic rings. The zero-order valence-corrected chi connectivity index (χ0v) is 14.9.